The number of hydrogen-bond donors (Lipinski definition) is 1. The van der Waals surface area contributed by atoms with Gasteiger partial charge < -0.3 is 19.7 Å². The zero-order valence-electron chi connectivity index (χ0n) is 19.0. The SMILES string of the molecule is Cc1cc(C)c(NC(=O)C2(N3C(=O)CC3c3ccc4c(c3)OCO4)CCCCC2)c(C)c1. The Bertz CT molecular complexity index is 1060. The van der Waals surface area contributed by atoms with Gasteiger partial charge in [-0.3, -0.25) is 9.59 Å². The summed E-state index contributed by atoms with van der Waals surface area (Å²) in [6.45, 7) is 6.32. The molecule has 0 spiro atoms. The van der Waals surface area contributed by atoms with Gasteiger partial charge in [0.1, 0.15) is 5.54 Å². The Balaban J connectivity index is 1.48. The first-order valence-electron chi connectivity index (χ1n) is 11.5. The quantitative estimate of drug-likeness (QED) is 0.691. The molecule has 168 valence electrons. The summed E-state index contributed by atoms with van der Waals surface area (Å²) in [6, 6.07) is 9.88. The van der Waals surface area contributed by atoms with Crippen molar-refractivity contribution < 1.29 is 19.1 Å². The fourth-order valence-electron chi connectivity index (χ4n) is 5.66. The van der Waals surface area contributed by atoms with Gasteiger partial charge in [0.15, 0.2) is 11.5 Å². The van der Waals surface area contributed by atoms with E-state index in [0.29, 0.717) is 25.0 Å². The Hall–Kier alpha value is -3.02. The van der Waals surface area contributed by atoms with Gasteiger partial charge in [-0.1, -0.05) is 43.0 Å². The van der Waals surface area contributed by atoms with Gasteiger partial charge in [0, 0.05) is 5.69 Å². The van der Waals surface area contributed by atoms with Crippen molar-refractivity contribution in [3.63, 3.8) is 0 Å². The van der Waals surface area contributed by atoms with Gasteiger partial charge in [-0.15, -0.1) is 0 Å². The zero-order chi connectivity index (χ0) is 22.5. The number of amides is 2. The summed E-state index contributed by atoms with van der Waals surface area (Å²) in [6.07, 6.45) is 4.77. The number of nitrogens with one attached hydrogen (secondary N) is 1. The lowest BCUT2D eigenvalue weighted by atomic mass is 9.74. The number of β-lactam (4-membered cyclic amide) rings is 1. The van der Waals surface area contributed by atoms with Gasteiger partial charge in [-0.05, 0) is 62.4 Å². The number of carbonyl (C=O) groups excluding carboxylic acids is 2. The van der Waals surface area contributed by atoms with Crippen LogP contribution in [0.4, 0.5) is 5.69 Å². The van der Waals surface area contributed by atoms with Crippen LogP contribution in [0.25, 0.3) is 0 Å². The summed E-state index contributed by atoms with van der Waals surface area (Å²) in [5.41, 5.74) is 4.30. The summed E-state index contributed by atoms with van der Waals surface area (Å²) in [4.78, 5) is 28.7. The summed E-state index contributed by atoms with van der Waals surface area (Å²) in [5, 5.41) is 3.22. The van der Waals surface area contributed by atoms with Gasteiger partial charge in [0.2, 0.25) is 18.6 Å². The molecule has 2 heterocycles. The number of carbonyl (C=O) groups is 2. The molecule has 2 amide bonds. The molecular formula is C26H30N2O4. The first-order chi connectivity index (χ1) is 15.4. The highest BCUT2D eigenvalue weighted by molar-refractivity contribution is 6.03. The Morgan fingerprint density at radius 2 is 1.69 bits per heavy atom. The zero-order valence-corrected chi connectivity index (χ0v) is 19.0. The standard InChI is InChI=1S/C26H30N2O4/c1-16-11-17(2)24(18(3)12-16)27-25(30)26(9-5-4-6-10-26)28-20(14-23(28)29)19-7-8-21-22(13-19)32-15-31-21/h7-8,11-13,20H,4-6,9-10,14-15H2,1-3H3,(H,27,30). The van der Waals surface area contributed by atoms with Crippen LogP contribution < -0.4 is 14.8 Å². The molecule has 1 atom stereocenters. The predicted molar refractivity (Wildman–Crippen MR) is 122 cm³/mol. The van der Waals surface area contributed by atoms with E-state index in [1.54, 1.807) is 0 Å². The smallest absolute Gasteiger partial charge is 0.250 e. The Morgan fingerprint density at radius 1 is 1.00 bits per heavy atom. The molecule has 5 rings (SSSR count). The molecule has 1 N–H and O–H groups in total. The molecule has 6 heteroatoms. The minimum Gasteiger partial charge on any atom is -0.454 e. The van der Waals surface area contributed by atoms with E-state index in [-0.39, 0.29) is 24.6 Å². The Morgan fingerprint density at radius 3 is 2.38 bits per heavy atom. The Kier molecular flexibility index (Phi) is 5.11. The highest BCUT2D eigenvalue weighted by Gasteiger charge is 2.55. The number of ether oxygens (including phenoxy) is 2. The molecule has 0 radical (unpaired) electrons. The van der Waals surface area contributed by atoms with Crippen LogP contribution in [0.1, 0.15) is 66.8 Å². The second-order valence-electron chi connectivity index (χ2n) is 9.42. The molecule has 0 bridgehead atoms. The molecule has 2 aliphatic heterocycles. The van der Waals surface area contributed by atoms with Crippen molar-refractivity contribution in [2.24, 2.45) is 0 Å². The van der Waals surface area contributed by atoms with Crippen LogP contribution >= 0.6 is 0 Å². The highest BCUT2D eigenvalue weighted by atomic mass is 16.7. The van der Waals surface area contributed by atoms with E-state index in [4.69, 9.17) is 9.47 Å². The molecule has 32 heavy (non-hydrogen) atoms. The summed E-state index contributed by atoms with van der Waals surface area (Å²) < 4.78 is 11.0. The fourth-order valence-corrected chi connectivity index (χ4v) is 5.66. The van der Waals surface area contributed by atoms with E-state index < -0.39 is 5.54 Å². The number of likely N-dealkylation sites (tertiary alicyclic amines) is 1. The van der Waals surface area contributed by atoms with Crippen molar-refractivity contribution in [3.8, 4) is 11.5 Å². The van der Waals surface area contributed by atoms with Crippen LogP contribution in [0.3, 0.4) is 0 Å². The van der Waals surface area contributed by atoms with Crippen molar-refractivity contribution in [2.45, 2.75) is 70.9 Å². The number of rotatable bonds is 4. The maximum atomic E-state index is 13.9. The lowest BCUT2D eigenvalue weighted by Crippen LogP contribution is -2.65. The van der Waals surface area contributed by atoms with Gasteiger partial charge in [0.05, 0.1) is 12.5 Å². The van der Waals surface area contributed by atoms with Crippen LogP contribution in [0.15, 0.2) is 30.3 Å². The van der Waals surface area contributed by atoms with Crippen LogP contribution in [-0.4, -0.2) is 29.0 Å². The van der Waals surface area contributed by atoms with Crippen molar-refractivity contribution in [1.82, 2.24) is 4.90 Å². The number of anilines is 1. The molecule has 1 aliphatic carbocycles. The average Bonchev–Trinajstić information content (AvgIpc) is 3.22. The molecule has 3 aliphatic rings. The fraction of sp³-hybridized carbons (Fsp3) is 0.462. The first-order valence-corrected chi connectivity index (χ1v) is 11.5. The van der Waals surface area contributed by atoms with E-state index in [9.17, 15) is 9.59 Å². The molecular weight excluding hydrogens is 404 g/mol. The minimum atomic E-state index is -0.821. The number of nitrogens with zero attached hydrogens (tertiary/aromatic N) is 1. The normalized spacial score (nSPS) is 21.3. The lowest BCUT2D eigenvalue weighted by Gasteiger charge is -2.54. The molecule has 6 nitrogen and oxygen atoms in total. The third kappa shape index (κ3) is 3.33. The molecule has 1 saturated carbocycles. The predicted octanol–water partition coefficient (Wildman–Crippen LogP) is 4.96. The third-order valence-corrected chi connectivity index (χ3v) is 7.21. The lowest BCUT2D eigenvalue weighted by molar-refractivity contribution is -0.166. The third-order valence-electron chi connectivity index (χ3n) is 7.21. The van der Waals surface area contributed by atoms with Crippen molar-refractivity contribution in [3.05, 3.63) is 52.6 Å². The minimum absolute atomic E-state index is 0.0436. The van der Waals surface area contributed by atoms with Crippen molar-refractivity contribution in [2.75, 3.05) is 12.1 Å². The van der Waals surface area contributed by atoms with Gasteiger partial charge in [-0.2, -0.15) is 0 Å². The summed E-state index contributed by atoms with van der Waals surface area (Å²) in [5.74, 6) is 1.41. The molecule has 2 aromatic rings. The summed E-state index contributed by atoms with van der Waals surface area (Å²) in [7, 11) is 0. The molecule has 2 aromatic carbocycles. The number of fused-ring (bicyclic) bond motifs is 1. The second-order valence-corrected chi connectivity index (χ2v) is 9.42. The van der Waals surface area contributed by atoms with E-state index >= 15 is 0 Å². The monoisotopic (exact) mass is 434 g/mol. The topological polar surface area (TPSA) is 67.9 Å². The van der Waals surface area contributed by atoms with E-state index in [0.717, 1.165) is 47.4 Å². The number of benzene rings is 2. The molecule has 2 fully saturated rings. The highest BCUT2D eigenvalue weighted by Crippen LogP contribution is 2.48. The molecule has 1 unspecified atom stereocenters. The summed E-state index contributed by atoms with van der Waals surface area (Å²) >= 11 is 0. The van der Waals surface area contributed by atoms with E-state index in [1.165, 1.54) is 5.56 Å². The maximum Gasteiger partial charge on any atom is 0.250 e. The second kappa shape index (κ2) is 7.84. The van der Waals surface area contributed by atoms with Gasteiger partial charge >= 0.3 is 0 Å². The van der Waals surface area contributed by atoms with E-state index in [1.807, 2.05) is 36.9 Å². The van der Waals surface area contributed by atoms with Crippen LogP contribution in [0.5, 0.6) is 11.5 Å². The van der Waals surface area contributed by atoms with E-state index in [2.05, 4.69) is 24.4 Å². The maximum absolute atomic E-state index is 13.9. The Labute approximate surface area is 188 Å². The van der Waals surface area contributed by atoms with Crippen LogP contribution in [-0.2, 0) is 9.59 Å². The molecule has 0 aromatic heterocycles. The number of aryl methyl sites for hydroxylation is 3. The van der Waals surface area contributed by atoms with Crippen molar-refractivity contribution >= 4 is 17.5 Å². The van der Waals surface area contributed by atoms with Crippen LogP contribution in [0, 0.1) is 20.8 Å². The number of hydrogen-bond acceptors (Lipinski definition) is 4. The first kappa shape index (κ1) is 20.9. The largest absolute Gasteiger partial charge is 0.454 e. The van der Waals surface area contributed by atoms with Crippen molar-refractivity contribution in [1.29, 1.82) is 0 Å². The van der Waals surface area contributed by atoms with Gasteiger partial charge in [-0.25, -0.2) is 0 Å². The van der Waals surface area contributed by atoms with Crippen LogP contribution in [0.2, 0.25) is 0 Å². The average molecular weight is 435 g/mol. The van der Waals surface area contributed by atoms with Gasteiger partial charge in [0.25, 0.3) is 0 Å². The molecule has 1 saturated heterocycles.